The van der Waals surface area contributed by atoms with E-state index in [-0.39, 0.29) is 0 Å². The molecular formula is C13H13ClN3O2S2+. The summed E-state index contributed by atoms with van der Waals surface area (Å²) in [5, 5.41) is 4.35. The van der Waals surface area contributed by atoms with E-state index in [1.165, 1.54) is 9.78 Å². The second-order valence-corrected chi connectivity index (χ2v) is 6.80. The number of halogens is 1. The minimum Gasteiger partial charge on any atom is -0.459 e. The van der Waals surface area contributed by atoms with Crippen molar-refractivity contribution in [2.45, 2.75) is 13.2 Å². The number of nitrogens with zero attached hydrogens (tertiary/aromatic N) is 2. The molecule has 110 valence electrons. The predicted octanol–water partition coefficient (Wildman–Crippen LogP) is 2.85. The van der Waals surface area contributed by atoms with Crippen molar-refractivity contribution in [3.8, 4) is 11.7 Å². The lowest BCUT2D eigenvalue weighted by Crippen LogP contribution is -3.06. The van der Waals surface area contributed by atoms with E-state index >= 15 is 0 Å². The van der Waals surface area contributed by atoms with Crippen molar-refractivity contribution in [3.05, 3.63) is 44.6 Å². The topological polar surface area (TPSA) is 48.5 Å². The van der Waals surface area contributed by atoms with Crippen LogP contribution in [-0.4, -0.2) is 16.8 Å². The first-order valence-electron chi connectivity index (χ1n) is 6.29. The zero-order valence-electron chi connectivity index (χ0n) is 11.2. The number of furan rings is 1. The molecule has 0 bridgehead atoms. The zero-order chi connectivity index (χ0) is 14.8. The highest BCUT2D eigenvalue weighted by Crippen LogP contribution is 2.20. The van der Waals surface area contributed by atoms with Crippen molar-refractivity contribution >= 4 is 35.2 Å². The van der Waals surface area contributed by atoms with Gasteiger partial charge in [0.25, 0.3) is 10.7 Å². The molecule has 8 heteroatoms. The van der Waals surface area contributed by atoms with Crippen molar-refractivity contribution in [2.24, 2.45) is 0 Å². The first kappa shape index (κ1) is 14.5. The standard InChI is InChI=1S/C13H12ClN3O2S2/c1-16(7-9-4-5-11(14)21-9)8-17-13(20)19-12(15-17)10-3-2-6-18-10/h2-6H,7-8H2,1H3/p+1. The van der Waals surface area contributed by atoms with Crippen LogP contribution in [0.1, 0.15) is 4.88 Å². The van der Waals surface area contributed by atoms with E-state index in [4.69, 9.17) is 32.7 Å². The van der Waals surface area contributed by atoms with Gasteiger partial charge >= 0.3 is 0 Å². The number of hydrogen-bond donors (Lipinski definition) is 1. The van der Waals surface area contributed by atoms with E-state index < -0.39 is 0 Å². The van der Waals surface area contributed by atoms with Crippen LogP contribution in [0.2, 0.25) is 4.34 Å². The molecule has 1 atom stereocenters. The fourth-order valence-corrected chi connectivity index (χ4v) is 3.35. The van der Waals surface area contributed by atoms with Gasteiger partial charge in [0.15, 0.2) is 12.4 Å². The number of thiophene rings is 1. The van der Waals surface area contributed by atoms with E-state index in [2.05, 4.69) is 12.1 Å². The second-order valence-electron chi connectivity index (χ2n) is 4.65. The summed E-state index contributed by atoms with van der Waals surface area (Å²) in [6, 6.07) is 7.51. The van der Waals surface area contributed by atoms with Crippen molar-refractivity contribution in [1.29, 1.82) is 0 Å². The Hall–Kier alpha value is -1.41. The average molecular weight is 343 g/mol. The third-order valence-electron chi connectivity index (χ3n) is 2.86. The molecule has 0 saturated heterocycles. The summed E-state index contributed by atoms with van der Waals surface area (Å²) in [6.45, 7) is 1.46. The maximum atomic E-state index is 5.94. The van der Waals surface area contributed by atoms with Crippen LogP contribution >= 0.6 is 35.2 Å². The molecule has 0 radical (unpaired) electrons. The Morgan fingerprint density at radius 2 is 2.29 bits per heavy atom. The van der Waals surface area contributed by atoms with Gasteiger partial charge in [-0.05, 0) is 36.5 Å². The Labute approximate surface area is 135 Å². The van der Waals surface area contributed by atoms with Crippen LogP contribution in [0.15, 0.2) is 39.4 Å². The molecule has 5 nitrogen and oxygen atoms in total. The van der Waals surface area contributed by atoms with Gasteiger partial charge < -0.3 is 13.7 Å². The van der Waals surface area contributed by atoms with Gasteiger partial charge in [0, 0.05) is 0 Å². The lowest BCUT2D eigenvalue weighted by molar-refractivity contribution is -0.917. The summed E-state index contributed by atoms with van der Waals surface area (Å²) in [6.07, 6.45) is 1.57. The lowest BCUT2D eigenvalue weighted by Gasteiger charge is -2.11. The molecule has 0 amide bonds. The molecule has 3 aromatic rings. The van der Waals surface area contributed by atoms with E-state index in [0.29, 0.717) is 23.2 Å². The monoisotopic (exact) mass is 342 g/mol. The molecule has 0 aromatic carbocycles. The quantitative estimate of drug-likeness (QED) is 0.724. The molecule has 0 fully saturated rings. The van der Waals surface area contributed by atoms with Gasteiger partial charge in [-0.1, -0.05) is 11.6 Å². The third kappa shape index (κ3) is 3.44. The first-order chi connectivity index (χ1) is 10.1. The summed E-state index contributed by atoms with van der Waals surface area (Å²) in [5.41, 5.74) is 0. The van der Waals surface area contributed by atoms with Crippen LogP contribution < -0.4 is 4.90 Å². The zero-order valence-corrected chi connectivity index (χ0v) is 13.6. The summed E-state index contributed by atoms with van der Waals surface area (Å²) < 4.78 is 13.2. The molecule has 0 aliphatic heterocycles. The van der Waals surface area contributed by atoms with Gasteiger partial charge in [0.2, 0.25) is 0 Å². The summed E-state index contributed by atoms with van der Waals surface area (Å²) in [5.74, 6) is 0.972. The fraction of sp³-hybridized carbons (Fsp3) is 0.231. The molecule has 3 rings (SSSR count). The summed E-state index contributed by atoms with van der Waals surface area (Å²) >= 11 is 12.7. The molecule has 0 spiro atoms. The Balaban J connectivity index is 1.71. The van der Waals surface area contributed by atoms with Crippen molar-refractivity contribution < 1.29 is 13.7 Å². The molecule has 0 aliphatic carbocycles. The number of quaternary nitrogens is 1. The lowest BCUT2D eigenvalue weighted by atomic mass is 10.4. The molecule has 3 aromatic heterocycles. The third-order valence-corrected chi connectivity index (χ3v) is 4.39. The Bertz CT molecular complexity index is 776. The average Bonchev–Trinajstić information content (AvgIpc) is 3.13. The van der Waals surface area contributed by atoms with Crippen molar-refractivity contribution in [2.75, 3.05) is 7.05 Å². The van der Waals surface area contributed by atoms with Crippen LogP contribution in [0.3, 0.4) is 0 Å². The Kier molecular flexibility index (Phi) is 4.25. The minimum absolute atomic E-state index is 0.338. The Morgan fingerprint density at radius 3 is 2.95 bits per heavy atom. The second kappa shape index (κ2) is 6.15. The molecule has 1 unspecified atom stereocenters. The van der Waals surface area contributed by atoms with Crippen LogP contribution in [0.5, 0.6) is 0 Å². The van der Waals surface area contributed by atoms with Crippen molar-refractivity contribution in [1.82, 2.24) is 9.78 Å². The number of nitrogens with one attached hydrogen (secondary N) is 1. The van der Waals surface area contributed by atoms with E-state index in [9.17, 15) is 0 Å². The van der Waals surface area contributed by atoms with E-state index in [1.54, 1.807) is 34.4 Å². The van der Waals surface area contributed by atoms with Crippen molar-refractivity contribution in [3.63, 3.8) is 0 Å². The largest absolute Gasteiger partial charge is 0.459 e. The predicted molar refractivity (Wildman–Crippen MR) is 82.9 cm³/mol. The molecule has 3 heterocycles. The van der Waals surface area contributed by atoms with E-state index in [1.807, 2.05) is 12.1 Å². The maximum absolute atomic E-state index is 5.94. The number of rotatable bonds is 5. The highest BCUT2D eigenvalue weighted by atomic mass is 35.5. The van der Waals surface area contributed by atoms with Gasteiger partial charge in [0.05, 0.1) is 22.5 Å². The fourth-order valence-electron chi connectivity index (χ4n) is 1.96. The van der Waals surface area contributed by atoms with E-state index in [0.717, 1.165) is 10.9 Å². The summed E-state index contributed by atoms with van der Waals surface area (Å²) in [4.78, 5) is 2.78. The Morgan fingerprint density at radius 1 is 1.43 bits per heavy atom. The van der Waals surface area contributed by atoms with Crippen LogP contribution in [-0.2, 0) is 13.2 Å². The first-order valence-corrected chi connectivity index (χ1v) is 7.89. The highest BCUT2D eigenvalue weighted by Gasteiger charge is 2.14. The molecule has 0 aliphatic rings. The minimum atomic E-state index is 0.338. The normalized spacial score (nSPS) is 12.7. The highest BCUT2D eigenvalue weighted by molar-refractivity contribution is 7.71. The van der Waals surface area contributed by atoms with Gasteiger partial charge in [-0.3, -0.25) is 0 Å². The van der Waals surface area contributed by atoms with Crippen LogP contribution in [0, 0.1) is 4.84 Å². The summed E-state index contributed by atoms with van der Waals surface area (Å²) in [7, 11) is 2.07. The molecular weight excluding hydrogens is 330 g/mol. The van der Waals surface area contributed by atoms with Gasteiger partial charge in [0.1, 0.15) is 6.54 Å². The smallest absolute Gasteiger partial charge is 0.292 e. The molecule has 21 heavy (non-hydrogen) atoms. The van der Waals surface area contributed by atoms with Gasteiger partial charge in [-0.25, -0.2) is 0 Å². The molecule has 0 saturated carbocycles. The molecule has 1 N–H and O–H groups in total. The maximum Gasteiger partial charge on any atom is 0.292 e. The van der Waals surface area contributed by atoms with Crippen LogP contribution in [0.4, 0.5) is 0 Å². The van der Waals surface area contributed by atoms with Gasteiger partial charge in [-0.2, -0.15) is 4.68 Å². The number of aromatic nitrogens is 2. The van der Waals surface area contributed by atoms with Gasteiger partial charge in [-0.15, -0.1) is 16.4 Å². The SMILES string of the molecule is C[NH+](Cc1ccc(Cl)s1)Cn1nc(-c2ccco2)oc1=S. The van der Waals surface area contributed by atoms with Crippen LogP contribution in [0.25, 0.3) is 11.7 Å². The number of hydrogen-bond acceptors (Lipinski definition) is 5.